The molecular formula is C36H54N8O13S. The van der Waals surface area contributed by atoms with Gasteiger partial charge in [0.25, 0.3) is 0 Å². The number of aliphatic hydroxyl groups excluding tert-OH is 1. The van der Waals surface area contributed by atoms with Gasteiger partial charge < -0.3 is 63.4 Å². The van der Waals surface area contributed by atoms with Gasteiger partial charge in [0.15, 0.2) is 0 Å². The molecule has 0 spiro atoms. The monoisotopic (exact) mass is 838 g/mol. The quantitative estimate of drug-likeness (QED) is 0.0306. The fourth-order valence-electron chi connectivity index (χ4n) is 5.82. The van der Waals surface area contributed by atoms with Crippen molar-refractivity contribution in [3.8, 4) is 0 Å². The third kappa shape index (κ3) is 17.4. The van der Waals surface area contributed by atoms with Gasteiger partial charge in [0.05, 0.1) is 12.6 Å². The van der Waals surface area contributed by atoms with Gasteiger partial charge in [-0.05, 0) is 63.6 Å². The van der Waals surface area contributed by atoms with Gasteiger partial charge in [-0.1, -0.05) is 30.3 Å². The molecule has 13 N–H and O–H groups in total. The van der Waals surface area contributed by atoms with Gasteiger partial charge in [0.1, 0.15) is 36.3 Å². The summed E-state index contributed by atoms with van der Waals surface area (Å²) in [7, 11) is 0. The Kier molecular flexibility index (Phi) is 21.7. The van der Waals surface area contributed by atoms with Crippen molar-refractivity contribution in [3.05, 3.63) is 35.9 Å². The maximum Gasteiger partial charge on any atom is 0.327 e. The third-order valence-electron chi connectivity index (χ3n) is 9.04. The van der Waals surface area contributed by atoms with Crippen LogP contribution in [0.4, 0.5) is 0 Å². The van der Waals surface area contributed by atoms with Gasteiger partial charge in [0, 0.05) is 25.0 Å². The Morgan fingerprint density at radius 3 is 1.60 bits per heavy atom. The number of nitrogens with one attached hydrogen (secondary N) is 7. The van der Waals surface area contributed by atoms with Crippen LogP contribution in [0.5, 0.6) is 0 Å². The van der Waals surface area contributed by atoms with Crippen LogP contribution in [0.1, 0.15) is 63.4 Å². The molecule has 58 heavy (non-hydrogen) atoms. The van der Waals surface area contributed by atoms with Crippen molar-refractivity contribution in [1.29, 1.82) is 0 Å². The number of benzene rings is 1. The molecule has 21 nitrogen and oxygen atoms in total. The summed E-state index contributed by atoms with van der Waals surface area (Å²) in [6.07, 6.45) is -0.381. The summed E-state index contributed by atoms with van der Waals surface area (Å²) in [5, 5.41) is 55.4. The second kappa shape index (κ2) is 25.8. The number of rotatable bonds is 27. The van der Waals surface area contributed by atoms with E-state index in [2.05, 4.69) is 49.8 Å². The standard InChI is InChI=1S/C36H54N8O13S/c37-15-5-4-9-22(31(51)40-23(11-13-28(46)47)32(52)41-24(12-14-29(48)49)33(53)44-27(19-58)36(56)57)39-35(55)26(18-45)43-34(54)25(17-20-7-2-1-3-8-20)42-30(50)21-10-6-16-38-21/h1-3,7-8,21-27,38,45,58H,4-6,9-19,37H2,(H,39,55)(H,40,51)(H,41,52)(H,42,50)(H,43,54)(H,44,53)(H,46,47)(H,48,49)(H,56,57)/t21-,22-,23-,24-,25-,26-,27-/m0/s1. The number of carbonyl (C=O) groups is 9. The summed E-state index contributed by atoms with van der Waals surface area (Å²) < 4.78 is 0. The van der Waals surface area contributed by atoms with E-state index in [0.29, 0.717) is 24.9 Å². The average molecular weight is 839 g/mol. The maximum absolute atomic E-state index is 13.7. The normalized spacial score (nSPS) is 16.6. The number of thiol groups is 1. The Labute approximate surface area is 339 Å². The lowest BCUT2D eigenvalue weighted by molar-refractivity contribution is -0.142. The zero-order chi connectivity index (χ0) is 43.2. The number of hydrogen-bond acceptors (Lipinski definition) is 13. The SMILES string of the molecule is NCCCC[C@H](NC(=O)[C@H](CO)NC(=O)[C@H](Cc1ccccc1)NC(=O)[C@@H]1CCCN1)C(=O)N[C@@H](CCC(=O)O)C(=O)N[C@@H](CCC(=O)O)C(=O)N[C@@H](CS)C(=O)O. The number of unbranched alkanes of at least 4 members (excludes halogenated alkanes) is 1. The summed E-state index contributed by atoms with van der Waals surface area (Å²) in [6.45, 7) is -0.0895. The van der Waals surface area contributed by atoms with Crippen LogP contribution in [0.3, 0.4) is 0 Å². The van der Waals surface area contributed by atoms with Crippen LogP contribution in [0.25, 0.3) is 0 Å². The highest BCUT2D eigenvalue weighted by Crippen LogP contribution is 2.10. The van der Waals surface area contributed by atoms with Gasteiger partial charge in [-0.2, -0.15) is 12.6 Å². The number of aliphatic carboxylic acids is 3. The highest BCUT2D eigenvalue weighted by Gasteiger charge is 2.34. The first-order valence-electron chi connectivity index (χ1n) is 18.8. The molecule has 7 atom stereocenters. The second-order valence-electron chi connectivity index (χ2n) is 13.6. The largest absolute Gasteiger partial charge is 0.481 e. The Bertz CT molecular complexity index is 1580. The molecular weight excluding hydrogens is 785 g/mol. The van der Waals surface area contributed by atoms with E-state index >= 15 is 0 Å². The molecule has 6 amide bonds. The van der Waals surface area contributed by atoms with Crippen molar-refractivity contribution in [2.24, 2.45) is 5.73 Å². The van der Waals surface area contributed by atoms with Crippen molar-refractivity contribution < 1.29 is 63.6 Å². The highest BCUT2D eigenvalue weighted by atomic mass is 32.1. The van der Waals surface area contributed by atoms with Gasteiger partial charge in [-0.25, -0.2) is 4.79 Å². The Morgan fingerprint density at radius 2 is 1.16 bits per heavy atom. The number of carboxylic acid groups (broad SMARTS) is 3. The van der Waals surface area contributed by atoms with E-state index in [1.165, 1.54) is 0 Å². The number of hydrogen-bond donors (Lipinski definition) is 13. The van der Waals surface area contributed by atoms with Crippen molar-refractivity contribution in [2.45, 2.75) is 107 Å². The lowest BCUT2D eigenvalue weighted by atomic mass is 10.0. The van der Waals surface area contributed by atoms with E-state index in [0.717, 1.165) is 6.42 Å². The summed E-state index contributed by atoms with van der Waals surface area (Å²) in [6, 6.07) is -0.783. The summed E-state index contributed by atoms with van der Waals surface area (Å²) >= 11 is 3.86. The van der Waals surface area contributed by atoms with E-state index in [9.17, 15) is 63.6 Å². The fraction of sp³-hybridized carbons (Fsp3) is 0.583. The predicted molar refractivity (Wildman–Crippen MR) is 208 cm³/mol. The van der Waals surface area contributed by atoms with Crippen LogP contribution < -0.4 is 43.0 Å². The lowest BCUT2D eigenvalue weighted by Gasteiger charge is -2.27. The molecule has 1 aromatic carbocycles. The molecule has 0 aromatic heterocycles. The topological polar surface area (TPSA) is 345 Å². The number of nitrogens with two attached hydrogens (primary N) is 1. The van der Waals surface area contributed by atoms with Crippen LogP contribution >= 0.6 is 12.6 Å². The zero-order valence-corrected chi connectivity index (χ0v) is 32.7. The number of amides is 6. The summed E-state index contributed by atoms with van der Waals surface area (Å²) in [4.78, 5) is 114. The second-order valence-corrected chi connectivity index (χ2v) is 13.9. The molecule has 1 aliphatic rings. The molecule has 1 fully saturated rings. The molecule has 1 heterocycles. The first-order chi connectivity index (χ1) is 27.6. The van der Waals surface area contributed by atoms with Crippen molar-refractivity contribution >= 4 is 66.0 Å². The minimum Gasteiger partial charge on any atom is -0.481 e. The van der Waals surface area contributed by atoms with Gasteiger partial charge >= 0.3 is 17.9 Å². The minimum absolute atomic E-state index is 0.0446. The molecule has 0 bridgehead atoms. The van der Waals surface area contributed by atoms with Crippen LogP contribution in [-0.4, -0.2) is 142 Å². The van der Waals surface area contributed by atoms with Crippen LogP contribution in [-0.2, 0) is 49.6 Å². The Hall–Kier alpha value is -5.32. The number of carbonyl (C=O) groups excluding carboxylic acids is 6. The summed E-state index contributed by atoms with van der Waals surface area (Å²) in [5.74, 6) is -9.95. The van der Waals surface area contributed by atoms with E-state index in [1.807, 2.05) is 0 Å². The van der Waals surface area contributed by atoms with E-state index in [-0.39, 0.29) is 31.6 Å². The molecule has 0 radical (unpaired) electrons. The van der Waals surface area contributed by atoms with E-state index < -0.39 is 128 Å². The molecule has 1 aromatic rings. The van der Waals surface area contributed by atoms with Crippen molar-refractivity contribution in [2.75, 3.05) is 25.4 Å². The van der Waals surface area contributed by atoms with E-state index in [4.69, 9.17) is 5.73 Å². The Balaban J connectivity index is 2.29. The molecule has 322 valence electrons. The third-order valence-corrected chi connectivity index (χ3v) is 9.41. The smallest absolute Gasteiger partial charge is 0.327 e. The number of aliphatic hydroxyl groups is 1. The van der Waals surface area contributed by atoms with Crippen molar-refractivity contribution in [3.63, 3.8) is 0 Å². The highest BCUT2D eigenvalue weighted by molar-refractivity contribution is 7.80. The van der Waals surface area contributed by atoms with Gasteiger partial charge in [-0.3, -0.25) is 38.4 Å². The van der Waals surface area contributed by atoms with Crippen LogP contribution in [0, 0.1) is 0 Å². The first-order valence-corrected chi connectivity index (χ1v) is 19.4. The zero-order valence-electron chi connectivity index (χ0n) is 31.8. The molecule has 0 aliphatic carbocycles. The van der Waals surface area contributed by atoms with Crippen LogP contribution in [0.15, 0.2) is 30.3 Å². The van der Waals surface area contributed by atoms with E-state index in [1.54, 1.807) is 30.3 Å². The van der Waals surface area contributed by atoms with Crippen LogP contribution in [0.2, 0.25) is 0 Å². The maximum atomic E-state index is 13.7. The fourth-order valence-corrected chi connectivity index (χ4v) is 6.06. The summed E-state index contributed by atoms with van der Waals surface area (Å²) in [5.41, 5.74) is 6.31. The molecule has 1 saturated heterocycles. The molecule has 0 saturated carbocycles. The molecule has 1 aliphatic heterocycles. The van der Waals surface area contributed by atoms with Crippen molar-refractivity contribution in [1.82, 2.24) is 37.2 Å². The molecule has 2 rings (SSSR count). The molecule has 22 heteroatoms. The number of carboxylic acids is 3. The predicted octanol–water partition coefficient (Wildman–Crippen LogP) is -3.24. The average Bonchev–Trinajstić information content (AvgIpc) is 3.74. The Morgan fingerprint density at radius 1 is 0.672 bits per heavy atom. The van der Waals surface area contributed by atoms with Gasteiger partial charge in [-0.15, -0.1) is 0 Å². The van der Waals surface area contributed by atoms with Gasteiger partial charge in [0.2, 0.25) is 35.4 Å². The minimum atomic E-state index is -1.66. The first kappa shape index (κ1) is 48.8. The lowest BCUT2D eigenvalue weighted by Crippen LogP contribution is -2.60. The molecule has 0 unspecified atom stereocenters.